The van der Waals surface area contributed by atoms with Gasteiger partial charge in [0.1, 0.15) is 5.69 Å². The monoisotopic (exact) mass is 351 g/mol. The quantitative estimate of drug-likeness (QED) is 0.780. The van der Waals surface area contributed by atoms with Gasteiger partial charge in [-0.2, -0.15) is 13.2 Å². The van der Waals surface area contributed by atoms with Crippen molar-refractivity contribution in [3.8, 4) is 5.88 Å². The molecule has 128 valence electrons. The van der Waals surface area contributed by atoms with E-state index in [9.17, 15) is 26.4 Å². The lowest BCUT2D eigenvalue weighted by atomic mass is 10.1. The van der Waals surface area contributed by atoms with Crippen molar-refractivity contribution in [2.45, 2.75) is 25.9 Å². The van der Waals surface area contributed by atoms with Gasteiger partial charge in [0.05, 0.1) is 23.7 Å². The summed E-state index contributed by atoms with van der Waals surface area (Å²) >= 11 is 0. The van der Waals surface area contributed by atoms with Crippen molar-refractivity contribution < 1.29 is 31.1 Å². The highest BCUT2D eigenvalue weighted by Crippen LogP contribution is 2.30. The second-order valence-electron chi connectivity index (χ2n) is 5.54. The van der Waals surface area contributed by atoms with Gasteiger partial charge in [-0.05, 0) is 31.9 Å². The molecule has 2 heterocycles. The SMILES string of the molecule is CC(=O)c1ccc(C(F)(F)F)nc1OCC1CCCS(=O)(=O)C1. The number of pyridine rings is 1. The van der Waals surface area contributed by atoms with Crippen LogP contribution in [0.2, 0.25) is 0 Å². The Labute approximate surface area is 131 Å². The first kappa shape index (κ1) is 17.7. The van der Waals surface area contributed by atoms with Crippen LogP contribution >= 0.6 is 0 Å². The standard InChI is InChI=1S/C14H16F3NO4S/c1-9(19)11-4-5-12(14(15,16)17)18-13(11)22-7-10-3-2-6-23(20,21)8-10/h4-5,10H,2-3,6-8H2,1H3. The Balaban J connectivity index is 2.18. The molecule has 0 aromatic carbocycles. The summed E-state index contributed by atoms with van der Waals surface area (Å²) in [5, 5.41) is 0. The van der Waals surface area contributed by atoms with Crippen LogP contribution in [0.1, 0.15) is 35.8 Å². The molecule has 5 nitrogen and oxygen atoms in total. The molecule has 1 aromatic rings. The Morgan fingerprint density at radius 1 is 1.39 bits per heavy atom. The van der Waals surface area contributed by atoms with Crippen LogP contribution in [-0.4, -0.2) is 37.3 Å². The van der Waals surface area contributed by atoms with Crippen molar-refractivity contribution >= 4 is 15.6 Å². The lowest BCUT2D eigenvalue weighted by Gasteiger charge is -2.22. The number of rotatable bonds is 4. The summed E-state index contributed by atoms with van der Waals surface area (Å²) in [5.41, 5.74) is -1.22. The fourth-order valence-corrected chi connectivity index (χ4v) is 4.18. The van der Waals surface area contributed by atoms with E-state index in [1.54, 1.807) is 0 Å². The van der Waals surface area contributed by atoms with Crippen LogP contribution < -0.4 is 4.74 Å². The summed E-state index contributed by atoms with van der Waals surface area (Å²) in [6.45, 7) is 1.11. The predicted molar refractivity (Wildman–Crippen MR) is 76.1 cm³/mol. The molecular formula is C14H16F3NO4S. The molecule has 0 N–H and O–H groups in total. The smallest absolute Gasteiger partial charge is 0.433 e. The summed E-state index contributed by atoms with van der Waals surface area (Å²) in [6.07, 6.45) is -3.55. The highest BCUT2D eigenvalue weighted by atomic mass is 32.2. The van der Waals surface area contributed by atoms with Gasteiger partial charge in [-0.25, -0.2) is 13.4 Å². The van der Waals surface area contributed by atoms with Crippen LogP contribution in [0.3, 0.4) is 0 Å². The van der Waals surface area contributed by atoms with Crippen molar-refractivity contribution in [1.29, 1.82) is 0 Å². The zero-order valence-corrected chi connectivity index (χ0v) is 13.2. The zero-order valence-electron chi connectivity index (χ0n) is 12.4. The third kappa shape index (κ3) is 4.66. The van der Waals surface area contributed by atoms with E-state index in [1.165, 1.54) is 6.92 Å². The maximum Gasteiger partial charge on any atom is 0.433 e. The number of hydrogen-bond acceptors (Lipinski definition) is 5. The number of sulfone groups is 1. The van der Waals surface area contributed by atoms with Crippen molar-refractivity contribution in [3.05, 3.63) is 23.4 Å². The van der Waals surface area contributed by atoms with E-state index < -0.39 is 33.4 Å². The van der Waals surface area contributed by atoms with Gasteiger partial charge in [-0.3, -0.25) is 4.79 Å². The van der Waals surface area contributed by atoms with E-state index in [4.69, 9.17) is 4.74 Å². The van der Waals surface area contributed by atoms with Gasteiger partial charge < -0.3 is 4.74 Å². The minimum Gasteiger partial charge on any atom is -0.477 e. The molecule has 1 atom stereocenters. The van der Waals surface area contributed by atoms with Crippen LogP contribution in [-0.2, 0) is 16.0 Å². The summed E-state index contributed by atoms with van der Waals surface area (Å²) in [7, 11) is -3.14. The molecule has 0 saturated carbocycles. The number of carbonyl (C=O) groups excluding carboxylic acids is 1. The number of ketones is 1. The molecule has 0 bridgehead atoms. The van der Waals surface area contributed by atoms with Gasteiger partial charge in [0, 0.05) is 5.92 Å². The maximum absolute atomic E-state index is 12.7. The molecule has 23 heavy (non-hydrogen) atoms. The number of aromatic nitrogens is 1. The molecule has 0 radical (unpaired) electrons. The second kappa shape index (κ2) is 6.46. The van der Waals surface area contributed by atoms with Gasteiger partial charge >= 0.3 is 6.18 Å². The highest BCUT2D eigenvalue weighted by molar-refractivity contribution is 7.91. The van der Waals surface area contributed by atoms with Crippen LogP contribution in [0.4, 0.5) is 13.2 Å². The normalized spacial score (nSPS) is 21.0. The zero-order chi connectivity index (χ0) is 17.3. The van der Waals surface area contributed by atoms with Gasteiger partial charge in [-0.1, -0.05) is 0 Å². The third-order valence-corrected chi connectivity index (χ3v) is 5.43. The molecule has 1 aliphatic heterocycles. The summed E-state index contributed by atoms with van der Waals surface area (Å²) in [4.78, 5) is 14.9. The average molecular weight is 351 g/mol. The summed E-state index contributed by atoms with van der Waals surface area (Å²) < 4.78 is 66.5. The average Bonchev–Trinajstić information content (AvgIpc) is 2.42. The lowest BCUT2D eigenvalue weighted by molar-refractivity contribution is -0.141. The molecule has 1 aliphatic rings. The van der Waals surface area contributed by atoms with Crippen LogP contribution in [0, 0.1) is 5.92 Å². The first-order chi connectivity index (χ1) is 10.6. The Kier molecular flexibility index (Phi) is 4.98. The number of nitrogens with zero attached hydrogens (tertiary/aromatic N) is 1. The second-order valence-corrected chi connectivity index (χ2v) is 7.77. The summed E-state index contributed by atoms with van der Waals surface area (Å²) in [6, 6.07) is 1.74. The summed E-state index contributed by atoms with van der Waals surface area (Å²) in [5.74, 6) is -1.15. The molecule has 0 amide bonds. The van der Waals surface area contributed by atoms with E-state index in [0.29, 0.717) is 18.9 Å². The molecule has 1 unspecified atom stereocenters. The van der Waals surface area contributed by atoms with Gasteiger partial charge in [0.15, 0.2) is 15.6 Å². The Morgan fingerprint density at radius 3 is 2.65 bits per heavy atom. The van der Waals surface area contributed by atoms with Crippen molar-refractivity contribution in [1.82, 2.24) is 4.98 Å². The lowest BCUT2D eigenvalue weighted by Crippen LogP contribution is -2.29. The number of hydrogen-bond donors (Lipinski definition) is 0. The molecule has 0 aliphatic carbocycles. The first-order valence-electron chi connectivity index (χ1n) is 7.01. The molecule has 2 rings (SSSR count). The predicted octanol–water partition coefficient (Wildman–Crippen LogP) is 2.51. The number of alkyl halides is 3. The van der Waals surface area contributed by atoms with E-state index in [-0.39, 0.29) is 29.6 Å². The number of ether oxygens (including phenoxy) is 1. The fraction of sp³-hybridized carbons (Fsp3) is 0.571. The van der Waals surface area contributed by atoms with E-state index in [0.717, 1.165) is 6.07 Å². The van der Waals surface area contributed by atoms with Gasteiger partial charge in [-0.15, -0.1) is 0 Å². The van der Waals surface area contributed by atoms with Crippen molar-refractivity contribution in [3.63, 3.8) is 0 Å². The molecular weight excluding hydrogens is 335 g/mol. The number of carbonyl (C=O) groups is 1. The van der Waals surface area contributed by atoms with Gasteiger partial charge in [0.25, 0.3) is 0 Å². The number of Topliss-reactive ketones (excluding diaryl/α,β-unsaturated/α-hetero) is 1. The largest absolute Gasteiger partial charge is 0.477 e. The van der Waals surface area contributed by atoms with E-state index >= 15 is 0 Å². The Bertz CT molecular complexity index is 700. The van der Waals surface area contributed by atoms with Crippen molar-refractivity contribution in [2.75, 3.05) is 18.1 Å². The Hall–Kier alpha value is -1.64. The van der Waals surface area contributed by atoms with Crippen LogP contribution in [0.15, 0.2) is 12.1 Å². The van der Waals surface area contributed by atoms with Gasteiger partial charge in [0.2, 0.25) is 5.88 Å². The molecule has 0 spiro atoms. The van der Waals surface area contributed by atoms with Crippen molar-refractivity contribution in [2.24, 2.45) is 5.92 Å². The van der Waals surface area contributed by atoms with E-state index in [1.807, 2.05) is 0 Å². The fourth-order valence-electron chi connectivity index (χ4n) is 2.42. The molecule has 1 fully saturated rings. The minimum absolute atomic E-state index is 0.0586. The van der Waals surface area contributed by atoms with Crippen LogP contribution in [0.5, 0.6) is 5.88 Å². The minimum atomic E-state index is -4.65. The number of halogens is 3. The maximum atomic E-state index is 12.7. The first-order valence-corrected chi connectivity index (χ1v) is 8.83. The topological polar surface area (TPSA) is 73.3 Å². The molecule has 9 heteroatoms. The van der Waals surface area contributed by atoms with Crippen LogP contribution in [0.25, 0.3) is 0 Å². The highest BCUT2D eigenvalue weighted by Gasteiger charge is 2.34. The molecule has 1 aromatic heterocycles. The Morgan fingerprint density at radius 2 is 2.09 bits per heavy atom. The molecule has 1 saturated heterocycles. The third-order valence-electron chi connectivity index (χ3n) is 3.54. The van der Waals surface area contributed by atoms with E-state index in [2.05, 4.69) is 4.98 Å².